The van der Waals surface area contributed by atoms with E-state index in [4.69, 9.17) is 4.42 Å². The first-order chi connectivity index (χ1) is 11.3. The number of nitrogens with zero attached hydrogens (tertiary/aromatic N) is 4. The van der Waals surface area contributed by atoms with Crippen molar-refractivity contribution in [3.05, 3.63) is 50.1 Å². The van der Waals surface area contributed by atoms with E-state index in [0.29, 0.717) is 24.2 Å². The summed E-state index contributed by atoms with van der Waals surface area (Å²) in [5, 5.41) is 9.34. The van der Waals surface area contributed by atoms with E-state index >= 15 is 0 Å². The largest absolute Gasteiger partial charge is 0.464 e. The van der Waals surface area contributed by atoms with Gasteiger partial charge in [0.25, 0.3) is 5.56 Å². The average molecular weight is 328 g/mol. The summed E-state index contributed by atoms with van der Waals surface area (Å²) in [4.78, 5) is 26.0. The number of rotatable bonds is 4. The summed E-state index contributed by atoms with van der Waals surface area (Å²) in [5.41, 5.74) is -1.10. The van der Waals surface area contributed by atoms with Crippen LogP contribution >= 0.6 is 0 Å². The van der Waals surface area contributed by atoms with Gasteiger partial charge in [-0.3, -0.25) is 13.9 Å². The first-order valence-electron chi connectivity index (χ1n) is 7.85. The summed E-state index contributed by atoms with van der Waals surface area (Å²) in [5.74, 6) is 3.16. The lowest BCUT2D eigenvalue weighted by Gasteiger charge is -2.22. The van der Waals surface area contributed by atoms with Crippen LogP contribution in [0.15, 0.2) is 26.1 Å². The van der Waals surface area contributed by atoms with Crippen molar-refractivity contribution in [1.82, 2.24) is 9.13 Å². The second kappa shape index (κ2) is 5.71. The van der Waals surface area contributed by atoms with Gasteiger partial charge in [0.15, 0.2) is 5.56 Å². The maximum absolute atomic E-state index is 12.2. The van der Waals surface area contributed by atoms with E-state index in [1.165, 1.54) is 11.6 Å². The van der Waals surface area contributed by atoms with E-state index in [1.54, 1.807) is 19.0 Å². The lowest BCUT2D eigenvalue weighted by atomic mass is 10.2. The molecule has 126 valence electrons. The Morgan fingerprint density at radius 3 is 2.58 bits per heavy atom. The Balaban J connectivity index is 1.94. The lowest BCUT2D eigenvalue weighted by Crippen LogP contribution is -2.41. The predicted octanol–water partition coefficient (Wildman–Crippen LogP) is 1.31. The van der Waals surface area contributed by atoms with E-state index in [0.717, 1.165) is 22.5 Å². The molecule has 0 bridgehead atoms. The maximum atomic E-state index is 12.2. The molecule has 1 saturated carbocycles. The number of hydrogen-bond donors (Lipinski definition) is 0. The summed E-state index contributed by atoms with van der Waals surface area (Å²) in [6, 6.07) is 5.80. The molecule has 0 aliphatic heterocycles. The smallest absolute Gasteiger partial charge is 0.332 e. The summed E-state index contributed by atoms with van der Waals surface area (Å²) < 4.78 is 8.12. The molecule has 1 fully saturated rings. The third kappa shape index (κ3) is 2.54. The van der Waals surface area contributed by atoms with Gasteiger partial charge in [0.05, 0.1) is 6.54 Å². The summed E-state index contributed by atoms with van der Waals surface area (Å²) >= 11 is 0. The molecule has 2 heterocycles. The molecule has 0 aromatic carbocycles. The zero-order valence-electron chi connectivity index (χ0n) is 14.2. The molecule has 2 aromatic rings. The average Bonchev–Trinajstić information content (AvgIpc) is 3.10. The van der Waals surface area contributed by atoms with Crippen molar-refractivity contribution in [3.8, 4) is 6.07 Å². The molecule has 0 spiro atoms. The van der Waals surface area contributed by atoms with Gasteiger partial charge < -0.3 is 9.32 Å². The van der Waals surface area contributed by atoms with Crippen molar-refractivity contribution >= 4 is 5.82 Å². The standard InChI is InChI=1S/C17H20N4O3/c1-10-7-12(10)14-6-5-11(24-14)9-19(2)15-13(8-18)16(22)21(4)17(23)20(15)3/h5-6,10,12H,7,9H2,1-4H3/t10-,12+/m0/s1. The highest BCUT2D eigenvalue weighted by Crippen LogP contribution is 2.47. The van der Waals surface area contributed by atoms with E-state index in [2.05, 4.69) is 6.92 Å². The first-order valence-corrected chi connectivity index (χ1v) is 7.85. The minimum Gasteiger partial charge on any atom is -0.464 e. The molecule has 0 radical (unpaired) electrons. The highest BCUT2D eigenvalue weighted by atomic mass is 16.3. The number of nitriles is 1. The molecule has 1 aliphatic carbocycles. The number of anilines is 1. The second-order valence-electron chi connectivity index (χ2n) is 6.50. The number of furan rings is 1. The molecule has 2 aromatic heterocycles. The molecule has 0 amide bonds. The van der Waals surface area contributed by atoms with Crippen LogP contribution in [0.1, 0.15) is 36.3 Å². The van der Waals surface area contributed by atoms with Gasteiger partial charge in [-0.25, -0.2) is 4.79 Å². The molecule has 0 N–H and O–H groups in total. The Labute approximate surface area is 139 Å². The van der Waals surface area contributed by atoms with Gasteiger partial charge in [0.2, 0.25) is 0 Å². The molecule has 0 saturated heterocycles. The van der Waals surface area contributed by atoms with Crippen LogP contribution in [-0.2, 0) is 20.6 Å². The minimum atomic E-state index is -0.589. The Bertz CT molecular complexity index is 944. The third-order valence-electron chi connectivity index (χ3n) is 4.66. The third-order valence-corrected chi connectivity index (χ3v) is 4.66. The zero-order chi connectivity index (χ0) is 17.6. The van der Waals surface area contributed by atoms with Crippen LogP contribution in [0.4, 0.5) is 5.82 Å². The van der Waals surface area contributed by atoms with Crippen molar-refractivity contribution in [1.29, 1.82) is 5.26 Å². The van der Waals surface area contributed by atoms with Crippen molar-refractivity contribution in [2.45, 2.75) is 25.8 Å². The summed E-state index contributed by atoms with van der Waals surface area (Å²) in [6.07, 6.45) is 1.14. The van der Waals surface area contributed by atoms with Crippen molar-refractivity contribution in [2.75, 3.05) is 11.9 Å². The second-order valence-corrected chi connectivity index (χ2v) is 6.50. The van der Waals surface area contributed by atoms with E-state index in [9.17, 15) is 14.9 Å². The fourth-order valence-electron chi connectivity index (χ4n) is 3.08. The van der Waals surface area contributed by atoms with Crippen LogP contribution in [0, 0.1) is 17.2 Å². The molecular weight excluding hydrogens is 308 g/mol. The van der Waals surface area contributed by atoms with Gasteiger partial charge in [-0.1, -0.05) is 6.92 Å². The van der Waals surface area contributed by atoms with Crippen LogP contribution < -0.4 is 16.1 Å². The molecule has 3 rings (SSSR count). The Morgan fingerprint density at radius 2 is 2.00 bits per heavy atom. The Hall–Kier alpha value is -2.75. The minimum absolute atomic E-state index is 0.0512. The van der Waals surface area contributed by atoms with Crippen LogP contribution in [0.2, 0.25) is 0 Å². The highest BCUT2D eigenvalue weighted by molar-refractivity contribution is 5.53. The van der Waals surface area contributed by atoms with Gasteiger partial charge in [0.1, 0.15) is 23.4 Å². The Morgan fingerprint density at radius 1 is 1.33 bits per heavy atom. The van der Waals surface area contributed by atoms with Gasteiger partial charge in [0, 0.05) is 27.1 Å². The lowest BCUT2D eigenvalue weighted by molar-refractivity contribution is 0.459. The van der Waals surface area contributed by atoms with Crippen molar-refractivity contribution < 1.29 is 4.42 Å². The molecule has 0 unspecified atom stereocenters. The van der Waals surface area contributed by atoms with Crippen LogP contribution in [0.3, 0.4) is 0 Å². The fraction of sp³-hybridized carbons (Fsp3) is 0.471. The number of aromatic nitrogens is 2. The maximum Gasteiger partial charge on any atom is 0.332 e. The molecule has 7 heteroatoms. The summed E-state index contributed by atoms with van der Waals surface area (Å²) in [7, 11) is 4.65. The normalized spacial score (nSPS) is 19.1. The highest BCUT2D eigenvalue weighted by Gasteiger charge is 2.36. The van der Waals surface area contributed by atoms with Crippen molar-refractivity contribution in [2.24, 2.45) is 20.0 Å². The van der Waals surface area contributed by atoms with E-state index in [1.807, 2.05) is 18.2 Å². The van der Waals surface area contributed by atoms with Crippen LogP contribution in [0.25, 0.3) is 0 Å². The molecule has 24 heavy (non-hydrogen) atoms. The monoisotopic (exact) mass is 328 g/mol. The molecule has 7 nitrogen and oxygen atoms in total. The molecular formula is C17H20N4O3. The van der Waals surface area contributed by atoms with Gasteiger partial charge in [-0.15, -0.1) is 0 Å². The van der Waals surface area contributed by atoms with E-state index < -0.39 is 11.2 Å². The van der Waals surface area contributed by atoms with Crippen LogP contribution in [0.5, 0.6) is 0 Å². The Kier molecular flexibility index (Phi) is 3.84. The van der Waals surface area contributed by atoms with Crippen LogP contribution in [-0.4, -0.2) is 16.2 Å². The predicted molar refractivity (Wildman–Crippen MR) is 89.0 cm³/mol. The van der Waals surface area contributed by atoms with Crippen molar-refractivity contribution in [3.63, 3.8) is 0 Å². The van der Waals surface area contributed by atoms with E-state index in [-0.39, 0.29) is 5.56 Å². The number of hydrogen-bond acceptors (Lipinski definition) is 5. The molecule has 1 aliphatic rings. The summed E-state index contributed by atoms with van der Waals surface area (Å²) in [6.45, 7) is 2.56. The molecule has 2 atom stereocenters. The van der Waals surface area contributed by atoms with Gasteiger partial charge >= 0.3 is 5.69 Å². The topological polar surface area (TPSA) is 84.2 Å². The van der Waals surface area contributed by atoms with Gasteiger partial charge in [-0.2, -0.15) is 5.26 Å². The first kappa shape index (κ1) is 16.1. The quantitative estimate of drug-likeness (QED) is 0.845. The SMILES string of the molecule is C[C@H]1C[C@H]1c1ccc(CN(C)c2c(C#N)c(=O)n(C)c(=O)n2C)o1. The fourth-order valence-corrected chi connectivity index (χ4v) is 3.08. The zero-order valence-corrected chi connectivity index (χ0v) is 14.2. The van der Waals surface area contributed by atoms with Gasteiger partial charge in [-0.05, 0) is 24.5 Å².